The van der Waals surface area contributed by atoms with Gasteiger partial charge in [0.05, 0.1) is 24.7 Å². The van der Waals surface area contributed by atoms with Crippen molar-refractivity contribution >= 4 is 11.6 Å². The predicted molar refractivity (Wildman–Crippen MR) is 115 cm³/mol. The molecular weight excluding hydrogens is 366 g/mol. The van der Waals surface area contributed by atoms with E-state index in [1.807, 2.05) is 64.0 Å². The second-order valence-corrected chi connectivity index (χ2v) is 8.03. The summed E-state index contributed by atoms with van der Waals surface area (Å²) in [5.41, 5.74) is 3.55. The number of methoxy groups -OCH3 is 1. The van der Waals surface area contributed by atoms with Crippen LogP contribution in [-0.4, -0.2) is 47.4 Å². The van der Waals surface area contributed by atoms with Crippen LogP contribution in [0.4, 0.5) is 5.69 Å². The van der Waals surface area contributed by atoms with Gasteiger partial charge in [-0.2, -0.15) is 5.10 Å². The summed E-state index contributed by atoms with van der Waals surface area (Å²) in [7, 11) is 5.56. The normalized spacial score (nSPS) is 11.2. The van der Waals surface area contributed by atoms with E-state index in [-0.39, 0.29) is 11.4 Å². The van der Waals surface area contributed by atoms with E-state index in [4.69, 9.17) is 4.74 Å². The third-order valence-corrected chi connectivity index (χ3v) is 4.26. The van der Waals surface area contributed by atoms with Gasteiger partial charge in [-0.3, -0.25) is 4.79 Å². The summed E-state index contributed by atoms with van der Waals surface area (Å²) in [6.45, 7) is 5.82. The Hall–Kier alpha value is -3.35. The van der Waals surface area contributed by atoms with Crippen molar-refractivity contribution in [2.24, 2.45) is 0 Å². The first-order valence-electron chi connectivity index (χ1n) is 9.39. The lowest BCUT2D eigenvalue weighted by Gasteiger charge is -2.19. The first-order valence-corrected chi connectivity index (χ1v) is 9.39. The third-order valence-electron chi connectivity index (χ3n) is 4.26. The Kier molecular flexibility index (Phi) is 5.59. The zero-order chi connectivity index (χ0) is 21.2. The van der Waals surface area contributed by atoms with Gasteiger partial charge in [0.1, 0.15) is 0 Å². The average molecular weight is 393 g/mol. The van der Waals surface area contributed by atoms with Crippen LogP contribution in [0.5, 0.6) is 5.88 Å². The number of amides is 1. The molecule has 0 fully saturated rings. The Morgan fingerprint density at radius 1 is 1.14 bits per heavy atom. The molecule has 1 aromatic carbocycles. The summed E-state index contributed by atoms with van der Waals surface area (Å²) in [5.74, 6) is 0.297. The summed E-state index contributed by atoms with van der Waals surface area (Å²) in [5, 5.41) is 7.55. The molecule has 152 valence electrons. The van der Waals surface area contributed by atoms with Crippen LogP contribution in [0.25, 0.3) is 16.9 Å². The Balaban J connectivity index is 2.11. The molecule has 1 N–H and O–H groups in total. The highest BCUT2D eigenvalue weighted by atomic mass is 16.5. The molecule has 29 heavy (non-hydrogen) atoms. The van der Waals surface area contributed by atoms with Gasteiger partial charge in [-0.25, -0.2) is 9.67 Å². The van der Waals surface area contributed by atoms with Crippen LogP contribution in [-0.2, 0) is 0 Å². The minimum atomic E-state index is -0.354. The lowest BCUT2D eigenvalue weighted by molar-refractivity contribution is 0.0914. The summed E-state index contributed by atoms with van der Waals surface area (Å²) in [6, 6.07) is 13.5. The van der Waals surface area contributed by atoms with Crippen LogP contribution in [0.2, 0.25) is 0 Å². The van der Waals surface area contributed by atoms with E-state index in [0.717, 1.165) is 22.6 Å². The summed E-state index contributed by atoms with van der Waals surface area (Å²) in [4.78, 5) is 19.0. The summed E-state index contributed by atoms with van der Waals surface area (Å²) in [6.07, 6.45) is 1.68. The van der Waals surface area contributed by atoms with Gasteiger partial charge in [0.2, 0.25) is 5.88 Å². The van der Waals surface area contributed by atoms with E-state index in [1.54, 1.807) is 30.1 Å². The number of hydrogen-bond acceptors (Lipinski definition) is 5. The molecule has 0 saturated carbocycles. The highest BCUT2D eigenvalue weighted by Crippen LogP contribution is 2.27. The van der Waals surface area contributed by atoms with E-state index in [0.29, 0.717) is 11.6 Å². The van der Waals surface area contributed by atoms with Gasteiger partial charge in [-0.05, 0) is 45.0 Å². The highest BCUT2D eigenvalue weighted by Gasteiger charge is 2.21. The van der Waals surface area contributed by atoms with E-state index in [2.05, 4.69) is 21.5 Å². The van der Waals surface area contributed by atoms with Gasteiger partial charge in [0.15, 0.2) is 5.69 Å². The molecule has 0 bridgehead atoms. The molecular formula is C22H27N5O2. The van der Waals surface area contributed by atoms with E-state index in [9.17, 15) is 4.79 Å². The van der Waals surface area contributed by atoms with Crippen molar-refractivity contribution in [3.05, 3.63) is 54.4 Å². The average Bonchev–Trinajstić information content (AvgIpc) is 3.12. The summed E-state index contributed by atoms with van der Waals surface area (Å²) < 4.78 is 6.88. The van der Waals surface area contributed by atoms with Crippen LogP contribution >= 0.6 is 0 Å². The van der Waals surface area contributed by atoms with Gasteiger partial charge in [0.25, 0.3) is 5.91 Å². The number of nitrogens with zero attached hydrogens (tertiary/aromatic N) is 4. The maximum atomic E-state index is 12.7. The van der Waals surface area contributed by atoms with Crippen LogP contribution < -0.4 is 15.0 Å². The van der Waals surface area contributed by atoms with Crippen molar-refractivity contribution in [3.8, 4) is 22.8 Å². The molecule has 0 saturated heterocycles. The van der Waals surface area contributed by atoms with Crippen molar-refractivity contribution < 1.29 is 9.53 Å². The second-order valence-electron chi connectivity index (χ2n) is 8.03. The monoisotopic (exact) mass is 393 g/mol. The van der Waals surface area contributed by atoms with E-state index < -0.39 is 0 Å². The van der Waals surface area contributed by atoms with Crippen molar-refractivity contribution in [2.75, 3.05) is 26.1 Å². The van der Waals surface area contributed by atoms with Crippen LogP contribution in [0.15, 0.2) is 48.7 Å². The highest BCUT2D eigenvalue weighted by molar-refractivity contribution is 5.94. The number of aromatic nitrogens is 3. The zero-order valence-electron chi connectivity index (χ0n) is 17.7. The predicted octanol–water partition coefficient (Wildman–Crippen LogP) is 3.54. The molecule has 0 atom stereocenters. The molecule has 1 amide bonds. The molecule has 3 aromatic rings. The molecule has 0 unspecified atom stereocenters. The molecule has 0 aliphatic heterocycles. The topological polar surface area (TPSA) is 72.3 Å². The number of anilines is 1. The van der Waals surface area contributed by atoms with Crippen LogP contribution in [0.3, 0.4) is 0 Å². The maximum absolute atomic E-state index is 12.7. The van der Waals surface area contributed by atoms with Crippen molar-refractivity contribution in [1.82, 2.24) is 20.1 Å². The first kappa shape index (κ1) is 20.4. The van der Waals surface area contributed by atoms with Crippen molar-refractivity contribution in [3.63, 3.8) is 0 Å². The molecule has 3 rings (SSSR count). The fourth-order valence-corrected chi connectivity index (χ4v) is 2.86. The number of rotatable bonds is 5. The second kappa shape index (κ2) is 7.95. The zero-order valence-corrected chi connectivity index (χ0v) is 17.7. The van der Waals surface area contributed by atoms with E-state index in [1.165, 1.54) is 0 Å². The Labute approximate surface area is 171 Å². The largest absolute Gasteiger partial charge is 0.481 e. The first-order chi connectivity index (χ1) is 13.7. The van der Waals surface area contributed by atoms with Gasteiger partial charge in [-0.1, -0.05) is 12.1 Å². The standard InChI is InChI=1S/C22H27N5O2/c1-22(2,3)24-21(28)18-13-19(15-8-7-9-16(12-15)26(4)5)27(25-18)17-10-11-20(29-6)23-14-17/h7-14H,1-6H3,(H,24,28). The quantitative estimate of drug-likeness (QED) is 0.718. The van der Waals surface area contributed by atoms with Gasteiger partial charge < -0.3 is 15.0 Å². The van der Waals surface area contributed by atoms with Crippen molar-refractivity contribution in [2.45, 2.75) is 26.3 Å². The number of hydrogen-bond donors (Lipinski definition) is 1. The van der Waals surface area contributed by atoms with Gasteiger partial charge >= 0.3 is 0 Å². The number of benzene rings is 1. The third kappa shape index (κ3) is 4.74. The maximum Gasteiger partial charge on any atom is 0.272 e. The van der Waals surface area contributed by atoms with Gasteiger partial charge in [0, 0.05) is 37.0 Å². The molecule has 2 aromatic heterocycles. The smallest absolute Gasteiger partial charge is 0.272 e. The lowest BCUT2D eigenvalue weighted by Crippen LogP contribution is -2.40. The van der Waals surface area contributed by atoms with Gasteiger partial charge in [-0.15, -0.1) is 0 Å². The summed E-state index contributed by atoms with van der Waals surface area (Å²) >= 11 is 0. The number of ether oxygens (including phenoxy) is 1. The molecule has 2 heterocycles. The Bertz CT molecular complexity index is 1000. The minimum absolute atomic E-state index is 0.220. The fraction of sp³-hybridized carbons (Fsp3) is 0.318. The lowest BCUT2D eigenvalue weighted by atomic mass is 10.1. The van der Waals surface area contributed by atoms with Crippen molar-refractivity contribution in [1.29, 1.82) is 0 Å². The minimum Gasteiger partial charge on any atom is -0.481 e. The SMILES string of the molecule is COc1ccc(-n2nc(C(=O)NC(C)(C)C)cc2-c2cccc(N(C)C)c2)cn1. The fourth-order valence-electron chi connectivity index (χ4n) is 2.86. The number of carbonyl (C=O) groups excluding carboxylic acids is 1. The van der Waals surface area contributed by atoms with Crippen LogP contribution in [0, 0.1) is 0 Å². The molecule has 7 heteroatoms. The molecule has 0 aliphatic rings. The van der Waals surface area contributed by atoms with Crippen LogP contribution in [0.1, 0.15) is 31.3 Å². The van der Waals surface area contributed by atoms with E-state index >= 15 is 0 Å². The number of pyridine rings is 1. The molecule has 7 nitrogen and oxygen atoms in total. The molecule has 0 spiro atoms. The Morgan fingerprint density at radius 2 is 1.90 bits per heavy atom. The number of nitrogens with one attached hydrogen (secondary N) is 1. The molecule has 0 radical (unpaired) electrons. The molecule has 0 aliphatic carbocycles. The Morgan fingerprint density at radius 3 is 2.48 bits per heavy atom. The number of carbonyl (C=O) groups is 1.